The zero-order valence-electron chi connectivity index (χ0n) is 14.9. The van der Waals surface area contributed by atoms with E-state index in [2.05, 4.69) is 15.8 Å². The minimum Gasteiger partial charge on any atom is -0.497 e. The van der Waals surface area contributed by atoms with Gasteiger partial charge in [-0.25, -0.2) is 4.98 Å². The lowest BCUT2D eigenvalue weighted by Crippen LogP contribution is -2.41. The summed E-state index contributed by atoms with van der Waals surface area (Å²) >= 11 is 2.84. The third-order valence-electron chi connectivity index (χ3n) is 3.67. The molecule has 0 saturated heterocycles. The van der Waals surface area contributed by atoms with Crippen molar-refractivity contribution in [2.75, 3.05) is 14.2 Å². The number of methoxy groups -OCH3 is 2. The van der Waals surface area contributed by atoms with Crippen LogP contribution >= 0.6 is 22.7 Å². The van der Waals surface area contributed by atoms with Crippen LogP contribution in [0.2, 0.25) is 0 Å². The number of hydrogen-bond acceptors (Lipinski definition) is 7. The molecule has 0 radical (unpaired) electrons. The summed E-state index contributed by atoms with van der Waals surface area (Å²) in [5.41, 5.74) is 6.70. The molecule has 2 amide bonds. The average molecular weight is 403 g/mol. The molecule has 0 unspecified atom stereocenters. The molecule has 0 aliphatic heterocycles. The van der Waals surface area contributed by atoms with E-state index in [1.165, 1.54) is 25.6 Å². The van der Waals surface area contributed by atoms with Gasteiger partial charge in [0.15, 0.2) is 0 Å². The van der Waals surface area contributed by atoms with Gasteiger partial charge in [-0.15, -0.1) is 11.3 Å². The Bertz CT molecular complexity index is 945. The van der Waals surface area contributed by atoms with Crippen LogP contribution in [0.3, 0.4) is 0 Å². The van der Waals surface area contributed by atoms with E-state index in [-0.39, 0.29) is 0 Å². The second kappa shape index (κ2) is 8.19. The quantitative estimate of drug-likeness (QED) is 0.638. The second-order valence-corrected chi connectivity index (χ2v) is 7.23. The summed E-state index contributed by atoms with van der Waals surface area (Å²) < 4.78 is 10.3. The largest absolute Gasteiger partial charge is 0.497 e. The molecule has 0 aliphatic rings. The summed E-state index contributed by atoms with van der Waals surface area (Å²) in [5, 5.41) is 4.69. The molecule has 1 aromatic carbocycles. The number of ether oxygens (including phenoxy) is 2. The summed E-state index contributed by atoms with van der Waals surface area (Å²) in [4.78, 5) is 29.6. The Kier molecular flexibility index (Phi) is 5.72. The van der Waals surface area contributed by atoms with Crippen LogP contribution in [-0.4, -0.2) is 31.0 Å². The topological polar surface area (TPSA) is 89.5 Å². The first kappa shape index (κ1) is 18.9. The van der Waals surface area contributed by atoms with E-state index in [9.17, 15) is 9.59 Å². The smallest absolute Gasteiger partial charge is 0.281 e. The van der Waals surface area contributed by atoms with Gasteiger partial charge < -0.3 is 9.47 Å². The van der Waals surface area contributed by atoms with Crippen LogP contribution in [0.1, 0.15) is 25.7 Å². The van der Waals surface area contributed by atoms with E-state index in [4.69, 9.17) is 9.47 Å². The zero-order valence-corrected chi connectivity index (χ0v) is 16.5. The fraction of sp³-hybridized carbons (Fsp3) is 0.167. The van der Waals surface area contributed by atoms with Gasteiger partial charge in [0, 0.05) is 22.6 Å². The van der Waals surface area contributed by atoms with E-state index in [0.717, 1.165) is 10.6 Å². The van der Waals surface area contributed by atoms with Crippen LogP contribution < -0.4 is 20.3 Å². The van der Waals surface area contributed by atoms with Crippen molar-refractivity contribution in [2.24, 2.45) is 0 Å². The Labute approximate surface area is 163 Å². The molecule has 140 valence electrons. The number of hydrogen-bond donors (Lipinski definition) is 2. The number of benzene rings is 1. The first-order valence-corrected chi connectivity index (χ1v) is 9.61. The van der Waals surface area contributed by atoms with Crippen molar-refractivity contribution in [2.45, 2.75) is 6.92 Å². The molecular weight excluding hydrogens is 386 g/mol. The van der Waals surface area contributed by atoms with Crippen LogP contribution in [0.25, 0.3) is 10.6 Å². The molecule has 2 heterocycles. The highest BCUT2D eigenvalue weighted by Crippen LogP contribution is 2.29. The van der Waals surface area contributed by atoms with E-state index in [1.807, 2.05) is 16.8 Å². The maximum atomic E-state index is 12.4. The molecule has 7 nitrogen and oxygen atoms in total. The number of aromatic nitrogens is 1. The molecule has 0 saturated carbocycles. The fourth-order valence-corrected chi connectivity index (χ4v) is 3.97. The molecule has 0 atom stereocenters. The molecule has 0 aliphatic carbocycles. The van der Waals surface area contributed by atoms with E-state index < -0.39 is 11.8 Å². The highest BCUT2D eigenvalue weighted by atomic mass is 32.1. The molecular formula is C18H17N3O4S2. The molecule has 0 fully saturated rings. The van der Waals surface area contributed by atoms with Gasteiger partial charge >= 0.3 is 0 Å². The number of nitrogens with zero attached hydrogens (tertiary/aromatic N) is 1. The highest BCUT2D eigenvalue weighted by Gasteiger charge is 2.18. The number of rotatable bonds is 5. The molecule has 2 N–H and O–H groups in total. The van der Waals surface area contributed by atoms with Gasteiger partial charge in [0.05, 0.1) is 19.9 Å². The van der Waals surface area contributed by atoms with Crippen molar-refractivity contribution in [3.05, 3.63) is 51.2 Å². The number of carbonyl (C=O) groups is 2. The average Bonchev–Trinajstić information content (AvgIpc) is 3.34. The third-order valence-corrected chi connectivity index (χ3v) is 5.56. The van der Waals surface area contributed by atoms with Crippen LogP contribution in [0.15, 0.2) is 35.0 Å². The van der Waals surface area contributed by atoms with Crippen molar-refractivity contribution < 1.29 is 19.1 Å². The predicted octanol–water partition coefficient (Wildman–Crippen LogP) is 3.27. The Balaban J connectivity index is 1.70. The lowest BCUT2D eigenvalue weighted by atomic mass is 10.2. The molecule has 3 aromatic rings. The maximum absolute atomic E-state index is 12.4. The van der Waals surface area contributed by atoms with Crippen molar-refractivity contribution in [3.63, 3.8) is 0 Å². The van der Waals surface area contributed by atoms with Gasteiger partial charge in [-0.3, -0.25) is 20.4 Å². The normalized spacial score (nSPS) is 10.3. The summed E-state index contributed by atoms with van der Waals surface area (Å²) in [7, 11) is 2.99. The lowest BCUT2D eigenvalue weighted by molar-refractivity contribution is 0.0848. The second-order valence-electron chi connectivity index (χ2n) is 5.46. The van der Waals surface area contributed by atoms with Gasteiger partial charge in [0.25, 0.3) is 11.8 Å². The van der Waals surface area contributed by atoms with Gasteiger partial charge in [0.1, 0.15) is 21.4 Å². The summed E-state index contributed by atoms with van der Waals surface area (Å²) in [6.07, 6.45) is 0. The SMILES string of the molecule is COc1cc(OC)cc(C(=O)NNC(=O)c2sc(-c3ccsc3)nc2C)c1. The highest BCUT2D eigenvalue weighted by molar-refractivity contribution is 7.17. The fourth-order valence-electron chi connectivity index (χ4n) is 2.30. The van der Waals surface area contributed by atoms with Crippen LogP contribution in [-0.2, 0) is 0 Å². The monoisotopic (exact) mass is 403 g/mol. The minimum absolute atomic E-state index is 0.298. The van der Waals surface area contributed by atoms with Crippen molar-refractivity contribution in [1.29, 1.82) is 0 Å². The number of carbonyl (C=O) groups excluding carboxylic acids is 2. The van der Waals surface area contributed by atoms with E-state index >= 15 is 0 Å². The predicted molar refractivity (Wildman–Crippen MR) is 105 cm³/mol. The van der Waals surface area contributed by atoms with Crippen LogP contribution in [0.4, 0.5) is 0 Å². The van der Waals surface area contributed by atoms with Gasteiger partial charge in [-0.2, -0.15) is 11.3 Å². The Morgan fingerprint density at radius 1 is 1.04 bits per heavy atom. The van der Waals surface area contributed by atoms with Gasteiger partial charge in [-0.1, -0.05) is 0 Å². The van der Waals surface area contributed by atoms with E-state index in [1.54, 1.807) is 36.5 Å². The first-order chi connectivity index (χ1) is 13.0. The molecule has 9 heteroatoms. The number of thiazole rings is 1. The standard InChI is InChI=1S/C18H17N3O4S2/c1-10-15(27-18(19-10)11-4-5-26-9-11)17(23)21-20-16(22)12-6-13(24-2)8-14(7-12)25-3/h4-9H,1-3H3,(H,20,22)(H,21,23). The lowest BCUT2D eigenvalue weighted by Gasteiger charge is -2.09. The van der Waals surface area contributed by atoms with Crippen molar-refractivity contribution in [3.8, 4) is 22.1 Å². The number of amides is 2. The molecule has 27 heavy (non-hydrogen) atoms. The number of aryl methyl sites for hydroxylation is 1. The Morgan fingerprint density at radius 3 is 2.30 bits per heavy atom. The molecule has 0 bridgehead atoms. The maximum Gasteiger partial charge on any atom is 0.281 e. The van der Waals surface area contributed by atoms with Crippen molar-refractivity contribution >= 4 is 34.5 Å². The van der Waals surface area contributed by atoms with E-state index in [0.29, 0.717) is 27.6 Å². The van der Waals surface area contributed by atoms with Crippen LogP contribution in [0, 0.1) is 6.92 Å². The summed E-state index contributed by atoms with van der Waals surface area (Å²) in [6, 6.07) is 6.71. The number of hydrazine groups is 1. The minimum atomic E-state index is -0.485. The number of thiophene rings is 1. The number of nitrogens with one attached hydrogen (secondary N) is 2. The first-order valence-electron chi connectivity index (χ1n) is 7.85. The van der Waals surface area contributed by atoms with Crippen molar-refractivity contribution in [1.82, 2.24) is 15.8 Å². The van der Waals surface area contributed by atoms with Gasteiger partial charge in [-0.05, 0) is 30.5 Å². The molecule has 2 aromatic heterocycles. The molecule has 0 spiro atoms. The third kappa shape index (κ3) is 4.26. The Hall–Kier alpha value is -2.91. The molecule has 3 rings (SSSR count). The Morgan fingerprint density at radius 2 is 1.70 bits per heavy atom. The summed E-state index contributed by atoms with van der Waals surface area (Å²) in [6.45, 7) is 1.76. The zero-order chi connectivity index (χ0) is 19.4. The van der Waals surface area contributed by atoms with Crippen LogP contribution in [0.5, 0.6) is 11.5 Å². The van der Waals surface area contributed by atoms with Gasteiger partial charge in [0.2, 0.25) is 0 Å². The summed E-state index contributed by atoms with van der Waals surface area (Å²) in [5.74, 6) is 0.0459.